The van der Waals surface area contributed by atoms with Crippen LogP contribution >= 0.6 is 7.60 Å². The number of carbonyl (C=O) groups excluding carboxylic acids is 1. The predicted molar refractivity (Wildman–Crippen MR) is 159 cm³/mol. The second kappa shape index (κ2) is 14.3. The maximum atomic E-state index is 13.9. The first-order chi connectivity index (χ1) is 20.5. The summed E-state index contributed by atoms with van der Waals surface area (Å²) in [6.07, 6.45) is -1.76. The fraction of sp³-hybridized carbons (Fsp3) is 0.414. The number of hydrogen-bond acceptors (Lipinski definition) is 9. The van der Waals surface area contributed by atoms with E-state index in [1.165, 1.54) is 7.05 Å². The first-order valence-corrected chi connectivity index (χ1v) is 15.8. The molecule has 0 spiro atoms. The molecule has 0 aliphatic carbocycles. The molecule has 0 atom stereocenters. The molecule has 1 saturated heterocycles. The second-order valence-corrected chi connectivity index (χ2v) is 12.0. The van der Waals surface area contributed by atoms with Crippen molar-refractivity contribution < 1.29 is 31.6 Å². The molecule has 1 amide bonds. The molecule has 0 radical (unpaired) electrons. The fourth-order valence-electron chi connectivity index (χ4n) is 4.76. The highest BCUT2D eigenvalue weighted by Gasteiger charge is 2.36. The molecule has 0 saturated carbocycles. The summed E-state index contributed by atoms with van der Waals surface area (Å²) in [6, 6.07) is 11.8. The molecule has 0 bridgehead atoms. The van der Waals surface area contributed by atoms with E-state index < -0.39 is 31.1 Å². The molecule has 3 aromatic rings. The van der Waals surface area contributed by atoms with Crippen LogP contribution in [0.25, 0.3) is 0 Å². The summed E-state index contributed by atoms with van der Waals surface area (Å²) in [5, 5.41) is 8.18. The van der Waals surface area contributed by atoms with E-state index in [-0.39, 0.29) is 36.6 Å². The molecule has 4 rings (SSSR count). The van der Waals surface area contributed by atoms with Gasteiger partial charge in [-0.3, -0.25) is 14.3 Å². The first kappa shape index (κ1) is 32.4. The molecule has 232 valence electrons. The molecule has 10 nitrogen and oxygen atoms in total. The van der Waals surface area contributed by atoms with Gasteiger partial charge >= 0.3 is 13.8 Å². The summed E-state index contributed by atoms with van der Waals surface area (Å²) >= 11 is 0. The van der Waals surface area contributed by atoms with Crippen molar-refractivity contribution >= 4 is 36.6 Å². The number of halogens is 3. The van der Waals surface area contributed by atoms with Crippen LogP contribution in [0.2, 0.25) is 0 Å². The minimum Gasteiger partial charge on any atom is -0.355 e. The van der Waals surface area contributed by atoms with Crippen LogP contribution in [0.4, 0.5) is 36.3 Å². The van der Waals surface area contributed by atoms with E-state index in [2.05, 4.69) is 30.8 Å². The molecule has 1 aliphatic rings. The van der Waals surface area contributed by atoms with Gasteiger partial charge in [-0.1, -0.05) is 18.2 Å². The van der Waals surface area contributed by atoms with Crippen LogP contribution in [0.1, 0.15) is 53.7 Å². The number of nitrogens with one attached hydrogen (secondary N) is 3. The van der Waals surface area contributed by atoms with Crippen molar-refractivity contribution in [3.05, 3.63) is 70.9 Å². The Morgan fingerprint density at radius 1 is 1.00 bits per heavy atom. The summed E-state index contributed by atoms with van der Waals surface area (Å²) in [5.41, 5.74) is 1.37. The van der Waals surface area contributed by atoms with Crippen molar-refractivity contribution in [3.63, 3.8) is 0 Å². The Balaban J connectivity index is 1.58. The number of likely N-dealkylation sites (tertiary alicyclic amines) is 1. The fourth-order valence-corrected chi connectivity index (χ4v) is 6.46. The van der Waals surface area contributed by atoms with Crippen molar-refractivity contribution in [1.82, 2.24) is 20.2 Å². The number of anilines is 4. The average molecular weight is 621 g/mol. The maximum Gasteiger partial charge on any atom is 0.421 e. The van der Waals surface area contributed by atoms with E-state index in [1.54, 1.807) is 56.3 Å². The Hall–Kier alpha value is -3.51. The minimum atomic E-state index is -4.75. The third-order valence-electron chi connectivity index (χ3n) is 6.75. The van der Waals surface area contributed by atoms with Gasteiger partial charge in [0.2, 0.25) is 5.95 Å². The molecule has 0 unspecified atom stereocenters. The molecular weight excluding hydrogens is 584 g/mol. The minimum absolute atomic E-state index is 0.0737. The molecule has 1 fully saturated rings. The Kier molecular flexibility index (Phi) is 10.8. The zero-order valence-corrected chi connectivity index (χ0v) is 25.2. The highest BCUT2D eigenvalue weighted by atomic mass is 31.2. The highest BCUT2D eigenvalue weighted by molar-refractivity contribution is 7.53. The van der Waals surface area contributed by atoms with Gasteiger partial charge in [0.15, 0.2) is 0 Å². The Labute approximate surface area is 248 Å². The SMILES string of the molecule is CCOP(=O)(Cc1ccc(Nc2ncc(C(F)(F)F)c(Nc3ccc(CN4CCCC4)cc3C(=O)NC)n2)cc1)OCC. The Morgan fingerprint density at radius 3 is 2.26 bits per heavy atom. The summed E-state index contributed by atoms with van der Waals surface area (Å²) in [4.78, 5) is 23.0. The third-order valence-corrected chi connectivity index (χ3v) is 8.80. The lowest BCUT2D eigenvalue weighted by Gasteiger charge is -2.19. The lowest BCUT2D eigenvalue weighted by atomic mass is 10.1. The quantitative estimate of drug-likeness (QED) is 0.179. The lowest BCUT2D eigenvalue weighted by molar-refractivity contribution is -0.137. The van der Waals surface area contributed by atoms with Crippen molar-refractivity contribution in [2.24, 2.45) is 0 Å². The summed E-state index contributed by atoms with van der Waals surface area (Å²) in [6.45, 7) is 6.52. The number of alkyl halides is 3. The average Bonchev–Trinajstić information content (AvgIpc) is 3.47. The van der Waals surface area contributed by atoms with Gasteiger partial charge in [-0.15, -0.1) is 0 Å². The van der Waals surface area contributed by atoms with Crippen molar-refractivity contribution in [3.8, 4) is 0 Å². The van der Waals surface area contributed by atoms with Gasteiger partial charge < -0.3 is 25.0 Å². The van der Waals surface area contributed by atoms with Crippen LogP contribution in [-0.4, -0.2) is 54.1 Å². The molecule has 14 heteroatoms. The topological polar surface area (TPSA) is 118 Å². The molecular formula is C29H36F3N6O4P. The highest BCUT2D eigenvalue weighted by Crippen LogP contribution is 2.51. The van der Waals surface area contributed by atoms with Crippen LogP contribution in [0.3, 0.4) is 0 Å². The first-order valence-electron chi connectivity index (χ1n) is 14.1. The number of amides is 1. The number of rotatable bonds is 13. The van der Waals surface area contributed by atoms with Gasteiger partial charge in [0, 0.05) is 25.5 Å². The summed E-state index contributed by atoms with van der Waals surface area (Å²) < 4.78 is 65.4. The van der Waals surface area contributed by atoms with Gasteiger partial charge in [-0.25, -0.2) is 4.98 Å². The van der Waals surface area contributed by atoms with E-state index in [0.717, 1.165) is 31.5 Å². The van der Waals surface area contributed by atoms with Crippen LogP contribution in [0, 0.1) is 0 Å². The van der Waals surface area contributed by atoms with E-state index >= 15 is 0 Å². The lowest BCUT2D eigenvalue weighted by Crippen LogP contribution is -2.22. The van der Waals surface area contributed by atoms with Crippen LogP contribution < -0.4 is 16.0 Å². The standard InChI is InChI=1S/C29H36F3N6O4P/c1-4-41-43(40,42-5-2)19-20-8-11-22(12-9-20)35-28-34-17-24(29(30,31)32)26(37-28)36-25-13-10-21(16-23(25)27(39)33-3)18-38-14-6-7-15-38/h8-13,16-17H,4-7,14-15,18-19H2,1-3H3,(H,33,39)(H2,34,35,36,37). The monoisotopic (exact) mass is 620 g/mol. The zero-order chi connectivity index (χ0) is 31.0. The number of nitrogens with zero attached hydrogens (tertiary/aromatic N) is 3. The van der Waals surface area contributed by atoms with Crippen molar-refractivity contribution in [2.75, 3.05) is 44.0 Å². The van der Waals surface area contributed by atoms with Crippen LogP contribution in [0.15, 0.2) is 48.7 Å². The molecule has 1 aliphatic heterocycles. The number of aromatic nitrogens is 2. The predicted octanol–water partition coefficient (Wildman–Crippen LogP) is 6.70. The molecule has 2 heterocycles. The normalized spacial score (nSPS) is 14.1. The Bertz CT molecular complexity index is 1440. The van der Waals surface area contributed by atoms with Gasteiger partial charge in [0.05, 0.1) is 30.6 Å². The van der Waals surface area contributed by atoms with Crippen LogP contribution in [0.5, 0.6) is 0 Å². The van der Waals surface area contributed by atoms with Gasteiger partial charge in [0.1, 0.15) is 11.4 Å². The van der Waals surface area contributed by atoms with E-state index in [4.69, 9.17) is 9.05 Å². The maximum absolute atomic E-state index is 13.9. The molecule has 43 heavy (non-hydrogen) atoms. The molecule has 2 aromatic carbocycles. The van der Waals surface area contributed by atoms with Gasteiger partial charge in [0.25, 0.3) is 5.91 Å². The number of benzene rings is 2. The third kappa shape index (κ3) is 8.76. The van der Waals surface area contributed by atoms with E-state index in [9.17, 15) is 22.5 Å². The van der Waals surface area contributed by atoms with Gasteiger partial charge in [-0.05, 0) is 75.2 Å². The largest absolute Gasteiger partial charge is 0.421 e. The van der Waals surface area contributed by atoms with E-state index in [1.807, 2.05) is 0 Å². The second-order valence-electron chi connectivity index (χ2n) is 9.95. The van der Waals surface area contributed by atoms with E-state index in [0.29, 0.717) is 24.0 Å². The summed E-state index contributed by atoms with van der Waals surface area (Å²) in [7, 11) is -1.84. The molecule has 3 N–H and O–H groups in total. The zero-order valence-electron chi connectivity index (χ0n) is 24.3. The van der Waals surface area contributed by atoms with Gasteiger partial charge in [-0.2, -0.15) is 18.2 Å². The smallest absolute Gasteiger partial charge is 0.355 e. The number of carbonyl (C=O) groups is 1. The van der Waals surface area contributed by atoms with Crippen molar-refractivity contribution in [2.45, 2.75) is 45.6 Å². The van der Waals surface area contributed by atoms with Crippen LogP contribution in [-0.2, 0) is 32.5 Å². The Morgan fingerprint density at radius 2 is 1.65 bits per heavy atom. The summed E-state index contributed by atoms with van der Waals surface area (Å²) in [5.74, 6) is -1.04. The van der Waals surface area contributed by atoms with Crippen molar-refractivity contribution in [1.29, 1.82) is 0 Å². The molecule has 1 aromatic heterocycles. The number of hydrogen-bond donors (Lipinski definition) is 3.